The predicted molar refractivity (Wildman–Crippen MR) is 144 cm³/mol. The summed E-state index contributed by atoms with van der Waals surface area (Å²) >= 11 is 0. The maximum atomic E-state index is 14.1. The summed E-state index contributed by atoms with van der Waals surface area (Å²) < 4.78 is 0. The number of rotatable bonds is 6. The van der Waals surface area contributed by atoms with Crippen molar-refractivity contribution >= 4 is 11.9 Å². The van der Waals surface area contributed by atoms with Gasteiger partial charge in [-0.15, -0.1) is 0 Å². The van der Waals surface area contributed by atoms with E-state index in [2.05, 4.69) is 58.1 Å². The van der Waals surface area contributed by atoms with E-state index in [9.17, 15) is 14.7 Å². The molecule has 4 atom stereocenters. The number of carbonyl (C=O) groups is 2. The third kappa shape index (κ3) is 5.51. The fourth-order valence-electron chi connectivity index (χ4n) is 6.69. The Morgan fingerprint density at radius 2 is 1.58 bits per heavy atom. The molecule has 5 heteroatoms. The van der Waals surface area contributed by atoms with E-state index >= 15 is 0 Å². The molecule has 2 fully saturated rings. The minimum Gasteiger partial charge on any atom is -0.480 e. The van der Waals surface area contributed by atoms with Gasteiger partial charge in [0.05, 0.1) is 6.04 Å². The Morgan fingerprint density at radius 1 is 0.972 bits per heavy atom. The van der Waals surface area contributed by atoms with Gasteiger partial charge in [-0.3, -0.25) is 4.79 Å². The summed E-state index contributed by atoms with van der Waals surface area (Å²) in [5.41, 5.74) is 4.27. The molecule has 0 unspecified atom stereocenters. The topological polar surface area (TPSA) is 69.6 Å². The number of aliphatic carboxylic acids is 1. The smallest absolute Gasteiger partial charge is 0.326 e. The first kappa shape index (κ1) is 26.4. The molecule has 1 heterocycles. The van der Waals surface area contributed by atoms with E-state index in [0.717, 1.165) is 37.7 Å². The van der Waals surface area contributed by atoms with Crippen LogP contribution < -0.4 is 5.32 Å². The number of hydrogen-bond acceptors (Lipinski definition) is 3. The highest BCUT2D eigenvalue weighted by atomic mass is 16.4. The second kappa shape index (κ2) is 10.8. The van der Waals surface area contributed by atoms with Crippen LogP contribution in [0.3, 0.4) is 0 Å². The summed E-state index contributed by atoms with van der Waals surface area (Å²) in [6.07, 6.45) is 4.93. The van der Waals surface area contributed by atoms with Crippen LogP contribution in [0.2, 0.25) is 0 Å². The second-order valence-corrected chi connectivity index (χ2v) is 12.0. The van der Waals surface area contributed by atoms with Crippen molar-refractivity contribution in [3.63, 3.8) is 0 Å². The van der Waals surface area contributed by atoms with Gasteiger partial charge in [-0.1, -0.05) is 99.7 Å². The molecule has 1 aliphatic carbocycles. The van der Waals surface area contributed by atoms with Gasteiger partial charge in [-0.05, 0) is 43.2 Å². The molecule has 1 saturated carbocycles. The summed E-state index contributed by atoms with van der Waals surface area (Å²) in [7, 11) is 0. The van der Waals surface area contributed by atoms with Crippen molar-refractivity contribution in [1.29, 1.82) is 0 Å². The minimum atomic E-state index is -0.907. The standard InChI is InChI=1S/C31H42N2O3/c1-20-16-21(2)18-22(17-20)19-32-26-25(31(3,4)5)28(30(35)36)33(27(26)23-12-8-6-9-13-23)29(34)24-14-10-7-11-15-24/h6,8-9,12-13,16-18,24-28,32H,7,10-11,14-15,19H2,1-5H3,(H,35,36)/t25-,26-,27-,28-/m0/s1. The van der Waals surface area contributed by atoms with Crippen LogP contribution >= 0.6 is 0 Å². The lowest BCUT2D eigenvalue weighted by atomic mass is 9.72. The Morgan fingerprint density at radius 3 is 2.14 bits per heavy atom. The SMILES string of the molecule is Cc1cc(C)cc(CN[C@H]2[C@H](C(C)(C)C)[C@@H](C(=O)O)N(C(=O)C3CCCCC3)[C@H]2c2ccccc2)c1. The molecular weight excluding hydrogens is 448 g/mol. The fourth-order valence-corrected chi connectivity index (χ4v) is 6.69. The van der Waals surface area contributed by atoms with Crippen molar-refractivity contribution in [3.05, 3.63) is 70.8 Å². The second-order valence-electron chi connectivity index (χ2n) is 12.0. The molecule has 2 aromatic rings. The summed E-state index contributed by atoms with van der Waals surface area (Å²) in [5, 5.41) is 14.4. The van der Waals surface area contributed by atoms with Crippen molar-refractivity contribution in [2.24, 2.45) is 17.3 Å². The van der Waals surface area contributed by atoms with Crippen LogP contribution in [0.5, 0.6) is 0 Å². The van der Waals surface area contributed by atoms with Crippen molar-refractivity contribution in [2.45, 2.75) is 91.4 Å². The molecule has 1 amide bonds. The third-order valence-corrected chi connectivity index (χ3v) is 8.09. The van der Waals surface area contributed by atoms with E-state index < -0.39 is 12.0 Å². The van der Waals surface area contributed by atoms with Crippen molar-refractivity contribution < 1.29 is 14.7 Å². The molecule has 0 spiro atoms. The van der Waals surface area contributed by atoms with Gasteiger partial charge < -0.3 is 15.3 Å². The molecule has 2 N–H and O–H groups in total. The first-order valence-corrected chi connectivity index (χ1v) is 13.5. The lowest BCUT2D eigenvalue weighted by Crippen LogP contribution is -2.49. The van der Waals surface area contributed by atoms with E-state index in [1.807, 2.05) is 30.3 Å². The molecule has 0 bridgehead atoms. The highest BCUT2D eigenvalue weighted by molar-refractivity contribution is 5.87. The molecule has 2 aliphatic rings. The number of benzene rings is 2. The first-order valence-electron chi connectivity index (χ1n) is 13.5. The Bertz CT molecular complexity index is 1050. The van der Waals surface area contributed by atoms with E-state index in [1.165, 1.54) is 16.7 Å². The van der Waals surface area contributed by atoms with Crippen LogP contribution in [-0.2, 0) is 16.1 Å². The van der Waals surface area contributed by atoms with E-state index in [4.69, 9.17) is 0 Å². The predicted octanol–water partition coefficient (Wildman–Crippen LogP) is 6.04. The van der Waals surface area contributed by atoms with Gasteiger partial charge in [0.15, 0.2) is 0 Å². The third-order valence-electron chi connectivity index (χ3n) is 8.09. The van der Waals surface area contributed by atoms with Gasteiger partial charge in [0.1, 0.15) is 6.04 Å². The van der Waals surface area contributed by atoms with Gasteiger partial charge >= 0.3 is 5.97 Å². The number of likely N-dealkylation sites (tertiary alicyclic amines) is 1. The zero-order valence-corrected chi connectivity index (χ0v) is 22.5. The lowest BCUT2D eigenvalue weighted by Gasteiger charge is -2.36. The fraction of sp³-hybridized carbons (Fsp3) is 0.548. The number of carboxylic acids is 1. The van der Waals surface area contributed by atoms with Crippen LogP contribution in [0.25, 0.3) is 0 Å². The maximum absolute atomic E-state index is 14.1. The van der Waals surface area contributed by atoms with Crippen molar-refractivity contribution in [2.75, 3.05) is 0 Å². The molecule has 1 aliphatic heterocycles. The number of amides is 1. The molecule has 2 aromatic carbocycles. The molecule has 4 rings (SSSR count). The molecule has 5 nitrogen and oxygen atoms in total. The highest BCUT2D eigenvalue weighted by Gasteiger charge is 2.58. The number of carbonyl (C=O) groups excluding carboxylic acids is 1. The highest BCUT2D eigenvalue weighted by Crippen LogP contribution is 2.49. The number of nitrogens with zero attached hydrogens (tertiary/aromatic N) is 1. The monoisotopic (exact) mass is 490 g/mol. The minimum absolute atomic E-state index is 0.0147. The zero-order valence-electron chi connectivity index (χ0n) is 22.5. The molecular formula is C31H42N2O3. The van der Waals surface area contributed by atoms with Gasteiger partial charge in [0.2, 0.25) is 5.91 Å². The Hall–Kier alpha value is -2.66. The normalized spacial score (nSPS) is 25.2. The molecule has 0 radical (unpaired) electrons. The number of carboxylic acid groups (broad SMARTS) is 1. The molecule has 1 saturated heterocycles. The van der Waals surface area contributed by atoms with E-state index in [1.54, 1.807) is 4.90 Å². The molecule has 36 heavy (non-hydrogen) atoms. The van der Waals surface area contributed by atoms with Crippen molar-refractivity contribution in [1.82, 2.24) is 10.2 Å². The maximum Gasteiger partial charge on any atom is 0.326 e. The lowest BCUT2D eigenvalue weighted by molar-refractivity contribution is -0.154. The Labute approximate surface area is 216 Å². The molecule has 194 valence electrons. The van der Waals surface area contributed by atoms with Crippen LogP contribution in [0, 0.1) is 31.1 Å². The Kier molecular flexibility index (Phi) is 7.89. The van der Waals surface area contributed by atoms with Crippen LogP contribution in [0.15, 0.2) is 48.5 Å². The number of hydrogen-bond donors (Lipinski definition) is 2. The summed E-state index contributed by atoms with van der Waals surface area (Å²) in [5.74, 6) is -1.24. The van der Waals surface area contributed by atoms with E-state index in [-0.39, 0.29) is 35.2 Å². The largest absolute Gasteiger partial charge is 0.480 e. The van der Waals surface area contributed by atoms with Crippen molar-refractivity contribution in [3.8, 4) is 0 Å². The summed E-state index contributed by atoms with van der Waals surface area (Å²) in [6.45, 7) is 11.1. The van der Waals surface area contributed by atoms with Gasteiger partial charge in [-0.2, -0.15) is 0 Å². The van der Waals surface area contributed by atoms with E-state index in [0.29, 0.717) is 6.54 Å². The number of aryl methyl sites for hydroxylation is 2. The van der Waals surface area contributed by atoms with Crippen LogP contribution in [0.1, 0.15) is 81.2 Å². The van der Waals surface area contributed by atoms with Gasteiger partial charge in [0.25, 0.3) is 0 Å². The zero-order chi connectivity index (χ0) is 26.0. The van der Waals surface area contributed by atoms with Crippen LogP contribution in [0.4, 0.5) is 0 Å². The molecule has 0 aromatic heterocycles. The number of nitrogens with one attached hydrogen (secondary N) is 1. The summed E-state index contributed by atoms with van der Waals surface area (Å²) in [6, 6.07) is 15.1. The van der Waals surface area contributed by atoms with Crippen LogP contribution in [-0.4, -0.2) is 34.0 Å². The van der Waals surface area contributed by atoms with Gasteiger partial charge in [-0.25, -0.2) is 4.79 Å². The average molecular weight is 491 g/mol. The average Bonchev–Trinajstić information content (AvgIpc) is 3.19. The first-order chi connectivity index (χ1) is 17.1. The summed E-state index contributed by atoms with van der Waals surface area (Å²) in [4.78, 5) is 28.8. The quantitative estimate of drug-likeness (QED) is 0.518. The Balaban J connectivity index is 1.79. The van der Waals surface area contributed by atoms with Gasteiger partial charge in [0, 0.05) is 24.4 Å².